The van der Waals surface area contributed by atoms with E-state index in [0.29, 0.717) is 32.1 Å². The number of ether oxygens (including phenoxy) is 1. The summed E-state index contributed by atoms with van der Waals surface area (Å²) in [6, 6.07) is 2.28. The van der Waals surface area contributed by atoms with E-state index in [-0.39, 0.29) is 11.6 Å². The predicted molar refractivity (Wildman–Crippen MR) is 120 cm³/mol. The van der Waals surface area contributed by atoms with Crippen LogP contribution in [0.15, 0.2) is 24.5 Å². The lowest BCUT2D eigenvalue weighted by molar-refractivity contribution is 0.0414. The SMILES string of the molecule is CCCS(=O)(=O)Nc1ccc(F)c(NC(=O)Nc2cc(NCN3CCOCC3)ncn2)c1F. The highest BCUT2D eigenvalue weighted by Crippen LogP contribution is 2.27. The quantitative estimate of drug-likeness (QED) is 0.424. The average Bonchev–Trinajstić information content (AvgIpc) is 2.78. The van der Waals surface area contributed by atoms with Crippen LogP contribution < -0.4 is 20.7 Å². The molecule has 1 aliphatic rings. The topological polar surface area (TPSA) is 138 Å². The third-order valence-corrected chi connectivity index (χ3v) is 6.04. The van der Waals surface area contributed by atoms with E-state index in [1.807, 2.05) is 4.72 Å². The number of carbonyl (C=O) groups is 1. The van der Waals surface area contributed by atoms with Gasteiger partial charge in [0.15, 0.2) is 5.82 Å². The number of nitrogens with zero attached hydrogens (tertiary/aromatic N) is 3. The van der Waals surface area contributed by atoms with Crippen molar-refractivity contribution in [1.82, 2.24) is 14.9 Å². The lowest BCUT2D eigenvalue weighted by Gasteiger charge is -2.26. The second kappa shape index (κ2) is 11.2. The Kier molecular flexibility index (Phi) is 8.30. The first-order valence-corrected chi connectivity index (χ1v) is 11.8. The van der Waals surface area contributed by atoms with Crippen molar-refractivity contribution in [3.8, 4) is 0 Å². The summed E-state index contributed by atoms with van der Waals surface area (Å²) in [6.45, 7) is 5.00. The Morgan fingerprint density at radius 2 is 1.88 bits per heavy atom. The fourth-order valence-electron chi connectivity index (χ4n) is 2.97. The van der Waals surface area contributed by atoms with E-state index in [0.717, 1.165) is 25.2 Å². The summed E-state index contributed by atoms with van der Waals surface area (Å²) in [5.74, 6) is -2.02. The molecule has 0 radical (unpaired) electrons. The molecule has 1 aromatic carbocycles. The van der Waals surface area contributed by atoms with Crippen LogP contribution in [0.25, 0.3) is 0 Å². The zero-order valence-electron chi connectivity index (χ0n) is 17.9. The van der Waals surface area contributed by atoms with Gasteiger partial charge in [-0.3, -0.25) is 14.9 Å². The molecule has 2 heterocycles. The number of nitrogens with one attached hydrogen (secondary N) is 4. The molecule has 33 heavy (non-hydrogen) atoms. The smallest absolute Gasteiger partial charge is 0.325 e. The minimum atomic E-state index is -3.81. The van der Waals surface area contributed by atoms with Crippen LogP contribution in [0.3, 0.4) is 0 Å². The van der Waals surface area contributed by atoms with Gasteiger partial charge in [0.2, 0.25) is 10.0 Å². The zero-order chi connectivity index (χ0) is 23.8. The summed E-state index contributed by atoms with van der Waals surface area (Å²) >= 11 is 0. The largest absolute Gasteiger partial charge is 0.379 e. The summed E-state index contributed by atoms with van der Waals surface area (Å²) in [5.41, 5.74) is -1.28. The molecular weight excluding hydrogens is 460 g/mol. The fraction of sp³-hybridized carbons (Fsp3) is 0.421. The zero-order valence-corrected chi connectivity index (χ0v) is 18.7. The molecule has 4 N–H and O–H groups in total. The van der Waals surface area contributed by atoms with Gasteiger partial charge in [0.05, 0.1) is 31.3 Å². The summed E-state index contributed by atoms with van der Waals surface area (Å²) < 4.78 is 60.0. The molecule has 1 fully saturated rings. The van der Waals surface area contributed by atoms with Crippen LogP contribution in [0.1, 0.15) is 13.3 Å². The second-order valence-electron chi connectivity index (χ2n) is 7.14. The maximum atomic E-state index is 14.7. The van der Waals surface area contributed by atoms with E-state index < -0.39 is 39.1 Å². The number of hydrogen-bond acceptors (Lipinski definition) is 8. The fourth-order valence-corrected chi connectivity index (χ4v) is 4.10. The first kappa shape index (κ1) is 24.5. The summed E-state index contributed by atoms with van der Waals surface area (Å²) in [5, 5.41) is 7.51. The molecular formula is C19H25F2N7O4S. The Morgan fingerprint density at radius 1 is 1.15 bits per heavy atom. The highest BCUT2D eigenvalue weighted by Gasteiger charge is 2.20. The van der Waals surface area contributed by atoms with Crippen LogP contribution in [0, 0.1) is 11.6 Å². The summed E-state index contributed by atoms with van der Waals surface area (Å²) in [6.07, 6.45) is 1.54. The Balaban J connectivity index is 1.64. The van der Waals surface area contributed by atoms with Crippen molar-refractivity contribution in [2.45, 2.75) is 13.3 Å². The van der Waals surface area contributed by atoms with Crippen molar-refractivity contribution >= 4 is 39.1 Å². The third-order valence-electron chi connectivity index (χ3n) is 4.56. The van der Waals surface area contributed by atoms with Crippen molar-refractivity contribution in [2.75, 3.05) is 59.4 Å². The van der Waals surface area contributed by atoms with Gasteiger partial charge in [-0.15, -0.1) is 0 Å². The standard InChI is InChI=1S/C19H25F2N7O4S/c1-2-9-33(30,31)27-14-4-3-13(20)18(17(14)21)26-19(29)25-16-10-15(22-11-23-16)24-12-28-5-7-32-8-6-28/h3-4,10-11,27H,2,5-9,12H2,1H3,(H3,22,23,24,25,26,29). The highest BCUT2D eigenvalue weighted by atomic mass is 32.2. The van der Waals surface area contributed by atoms with Gasteiger partial charge in [-0.05, 0) is 18.6 Å². The molecule has 0 atom stereocenters. The van der Waals surface area contributed by atoms with E-state index in [1.165, 1.54) is 12.4 Å². The number of carbonyl (C=O) groups excluding carboxylic acids is 1. The van der Waals surface area contributed by atoms with E-state index in [2.05, 4.69) is 30.8 Å². The number of aromatic nitrogens is 2. The summed E-state index contributed by atoms with van der Waals surface area (Å²) in [4.78, 5) is 22.4. The molecule has 2 amide bonds. The molecule has 0 unspecified atom stereocenters. The van der Waals surface area contributed by atoms with E-state index in [1.54, 1.807) is 6.92 Å². The molecule has 2 aromatic rings. The minimum Gasteiger partial charge on any atom is -0.379 e. The Morgan fingerprint density at radius 3 is 2.61 bits per heavy atom. The number of sulfonamides is 1. The number of amides is 2. The van der Waals surface area contributed by atoms with E-state index in [4.69, 9.17) is 4.74 Å². The minimum absolute atomic E-state index is 0.0904. The van der Waals surface area contributed by atoms with Gasteiger partial charge in [0.1, 0.15) is 29.5 Å². The third kappa shape index (κ3) is 7.20. The molecule has 180 valence electrons. The van der Waals surface area contributed by atoms with Crippen LogP contribution in [0.2, 0.25) is 0 Å². The number of hydrogen-bond donors (Lipinski definition) is 4. The van der Waals surface area contributed by atoms with Crippen LogP contribution in [-0.2, 0) is 14.8 Å². The lowest BCUT2D eigenvalue weighted by Crippen LogP contribution is -2.39. The normalized spacial score (nSPS) is 14.5. The van der Waals surface area contributed by atoms with Crippen LogP contribution >= 0.6 is 0 Å². The monoisotopic (exact) mass is 485 g/mol. The molecule has 1 aliphatic heterocycles. The molecule has 1 saturated heterocycles. The molecule has 0 bridgehead atoms. The van der Waals surface area contributed by atoms with Crippen molar-refractivity contribution in [1.29, 1.82) is 0 Å². The van der Waals surface area contributed by atoms with Gasteiger partial charge in [-0.2, -0.15) is 0 Å². The van der Waals surface area contributed by atoms with Gasteiger partial charge in [-0.25, -0.2) is 32.0 Å². The number of halogens is 2. The highest BCUT2D eigenvalue weighted by molar-refractivity contribution is 7.92. The number of anilines is 4. The van der Waals surface area contributed by atoms with Gasteiger partial charge < -0.3 is 15.4 Å². The Labute approximate surface area is 190 Å². The molecule has 11 nitrogen and oxygen atoms in total. The van der Waals surface area contributed by atoms with Crippen LogP contribution in [-0.4, -0.2) is 68.0 Å². The van der Waals surface area contributed by atoms with E-state index in [9.17, 15) is 22.0 Å². The predicted octanol–water partition coefficient (Wildman–Crippen LogP) is 2.25. The van der Waals surface area contributed by atoms with Crippen LogP contribution in [0.4, 0.5) is 36.6 Å². The molecule has 0 spiro atoms. The Hall–Kier alpha value is -3.10. The van der Waals surface area contributed by atoms with Gasteiger partial charge in [0.25, 0.3) is 0 Å². The molecule has 3 rings (SSSR count). The maximum absolute atomic E-state index is 14.7. The van der Waals surface area contributed by atoms with Crippen molar-refractivity contribution in [3.63, 3.8) is 0 Å². The maximum Gasteiger partial charge on any atom is 0.325 e. The van der Waals surface area contributed by atoms with Gasteiger partial charge >= 0.3 is 6.03 Å². The molecule has 0 saturated carbocycles. The number of benzene rings is 1. The average molecular weight is 486 g/mol. The first-order chi connectivity index (χ1) is 15.8. The Bertz CT molecular complexity index is 1080. The molecule has 1 aromatic heterocycles. The number of rotatable bonds is 9. The first-order valence-electron chi connectivity index (χ1n) is 10.2. The second-order valence-corrected chi connectivity index (χ2v) is 8.98. The van der Waals surface area contributed by atoms with Crippen LogP contribution in [0.5, 0.6) is 0 Å². The van der Waals surface area contributed by atoms with Gasteiger partial charge in [0, 0.05) is 19.2 Å². The van der Waals surface area contributed by atoms with Gasteiger partial charge in [-0.1, -0.05) is 6.92 Å². The number of urea groups is 1. The van der Waals surface area contributed by atoms with E-state index >= 15 is 0 Å². The molecule has 14 heteroatoms. The summed E-state index contributed by atoms with van der Waals surface area (Å²) in [7, 11) is -3.81. The molecule has 0 aliphatic carbocycles. The van der Waals surface area contributed by atoms with Crippen molar-refractivity contribution in [3.05, 3.63) is 36.2 Å². The van der Waals surface area contributed by atoms with Crippen molar-refractivity contribution in [2.24, 2.45) is 0 Å². The number of morpholine rings is 1. The van der Waals surface area contributed by atoms with Crippen molar-refractivity contribution < 1.29 is 26.7 Å². The lowest BCUT2D eigenvalue weighted by atomic mass is 10.2.